The molecule has 0 fully saturated rings. The number of guanidine groups is 1. The predicted molar refractivity (Wildman–Crippen MR) is 80.8 cm³/mol. The van der Waals surface area contributed by atoms with Crippen LogP contribution < -0.4 is 21.0 Å². The van der Waals surface area contributed by atoms with Gasteiger partial charge in [-0.3, -0.25) is 4.79 Å². The maximum atomic E-state index is 13.0. The Balaban J connectivity index is 2.37. The van der Waals surface area contributed by atoms with E-state index in [-0.39, 0.29) is 17.3 Å². The quantitative estimate of drug-likeness (QED) is 0.399. The number of carbonyl (C=O) groups is 1. The molecule has 1 heterocycles. The Morgan fingerprint density at radius 3 is 2.86 bits per heavy atom. The van der Waals surface area contributed by atoms with Crippen molar-refractivity contribution < 1.29 is 14.8 Å². The third-order valence-electron chi connectivity index (χ3n) is 3.16. The van der Waals surface area contributed by atoms with Crippen LogP contribution in [0.25, 0.3) is 0 Å². The zero-order valence-electron chi connectivity index (χ0n) is 12.4. The van der Waals surface area contributed by atoms with Crippen LogP contribution in [-0.4, -0.2) is 18.1 Å². The zero-order valence-corrected chi connectivity index (χ0v) is 12.4. The maximum Gasteiger partial charge on any atom is 0.386 e. The van der Waals surface area contributed by atoms with E-state index in [4.69, 9.17) is 10.6 Å². The fourth-order valence-corrected chi connectivity index (χ4v) is 2.19. The standard InChI is InChI=1S/C13H19N5O4/c1-3-6-12(15-9(2)19)22-18(21)11-8-5-4-7-10(11)17(20)16-13(18)14/h4-5,7-8,12,17H,3,6H2,1-2H3,(H2,14,16)(H,15,19). The van der Waals surface area contributed by atoms with Crippen molar-refractivity contribution in [1.29, 1.82) is 0 Å². The summed E-state index contributed by atoms with van der Waals surface area (Å²) in [6.45, 7) is 3.21. The van der Waals surface area contributed by atoms with Crippen LogP contribution in [0.2, 0.25) is 0 Å². The van der Waals surface area contributed by atoms with Crippen molar-refractivity contribution in [2.45, 2.75) is 32.9 Å². The Morgan fingerprint density at radius 1 is 1.55 bits per heavy atom. The van der Waals surface area contributed by atoms with Crippen LogP contribution in [0.4, 0.5) is 11.4 Å². The fraction of sp³-hybridized carbons (Fsp3) is 0.385. The smallest absolute Gasteiger partial charge is 0.386 e. The highest BCUT2D eigenvalue weighted by Gasteiger charge is 2.41. The Hall–Kier alpha value is -2.04. The van der Waals surface area contributed by atoms with Crippen molar-refractivity contribution in [3.05, 3.63) is 34.7 Å². The van der Waals surface area contributed by atoms with Crippen LogP contribution in [0, 0.1) is 10.4 Å². The van der Waals surface area contributed by atoms with Gasteiger partial charge in [0.2, 0.25) is 17.3 Å². The summed E-state index contributed by atoms with van der Waals surface area (Å²) < 4.78 is 0. The highest BCUT2D eigenvalue weighted by atomic mass is 16.9. The van der Waals surface area contributed by atoms with Gasteiger partial charge in [0.05, 0.1) is 0 Å². The summed E-state index contributed by atoms with van der Waals surface area (Å²) in [5.74, 6) is -0.850. The maximum absolute atomic E-state index is 13.0. The second-order valence-corrected chi connectivity index (χ2v) is 4.93. The molecular formula is C13H19N5O4. The average Bonchev–Trinajstić information content (AvgIpc) is 2.45. The van der Waals surface area contributed by atoms with E-state index < -0.39 is 22.2 Å². The number of nitrogens with zero attached hydrogens (tertiary/aromatic N) is 2. The van der Waals surface area contributed by atoms with E-state index >= 15 is 0 Å². The number of rotatable bonds is 5. The molecule has 22 heavy (non-hydrogen) atoms. The number of nitrogens with two attached hydrogens (primary N) is 1. The van der Waals surface area contributed by atoms with Crippen molar-refractivity contribution in [3.63, 3.8) is 0 Å². The van der Waals surface area contributed by atoms with Gasteiger partial charge in [-0.15, -0.1) is 4.81 Å². The van der Waals surface area contributed by atoms with Crippen molar-refractivity contribution in [2.24, 2.45) is 10.8 Å². The van der Waals surface area contributed by atoms with Gasteiger partial charge in [0.25, 0.3) is 0 Å². The topological polar surface area (TPSA) is 127 Å². The third kappa shape index (κ3) is 3.08. The number of carbonyl (C=O) groups excluding carboxylic acids is 1. The number of hydroxylamine groups is 2. The van der Waals surface area contributed by atoms with Gasteiger partial charge >= 0.3 is 5.96 Å². The molecule has 1 aliphatic heterocycles. The van der Waals surface area contributed by atoms with Crippen LogP contribution in [0.3, 0.4) is 0 Å². The lowest BCUT2D eigenvalue weighted by Gasteiger charge is -2.41. The Bertz CT molecular complexity index is 594. The normalized spacial score (nSPS) is 25.1. The number of hydrogen-bond acceptors (Lipinski definition) is 6. The van der Waals surface area contributed by atoms with Crippen molar-refractivity contribution in [2.75, 3.05) is 0 Å². The fourth-order valence-electron chi connectivity index (χ4n) is 2.19. The van der Waals surface area contributed by atoms with E-state index in [1.807, 2.05) is 6.92 Å². The summed E-state index contributed by atoms with van der Waals surface area (Å²) in [5.41, 5.74) is 5.82. The largest absolute Gasteiger partial charge is 0.601 e. The molecule has 4 N–H and O–H groups in total. The highest BCUT2D eigenvalue weighted by molar-refractivity contribution is 5.92. The van der Waals surface area contributed by atoms with E-state index in [9.17, 15) is 15.2 Å². The minimum atomic E-state index is -1.52. The number of hydrogen-bond donors (Lipinski definition) is 3. The van der Waals surface area contributed by atoms with Gasteiger partial charge in [-0.2, -0.15) is 10.0 Å². The summed E-state index contributed by atoms with van der Waals surface area (Å²) in [6, 6.07) is 6.16. The van der Waals surface area contributed by atoms with E-state index in [0.717, 1.165) is 0 Å². The molecule has 0 radical (unpaired) electrons. The first-order valence-corrected chi connectivity index (χ1v) is 6.92. The van der Waals surface area contributed by atoms with E-state index in [2.05, 4.69) is 10.4 Å². The van der Waals surface area contributed by atoms with Crippen LogP contribution in [0.15, 0.2) is 29.4 Å². The van der Waals surface area contributed by atoms with Crippen LogP contribution >= 0.6 is 0 Å². The average molecular weight is 309 g/mol. The first kappa shape index (κ1) is 16.3. The Labute approximate surface area is 127 Å². The summed E-state index contributed by atoms with van der Waals surface area (Å²) in [7, 11) is 0. The second kappa shape index (κ2) is 6.38. The Kier molecular flexibility index (Phi) is 4.74. The SMILES string of the molecule is CCCC(NC(C)=O)O[N+]1([O-])C(N)=N[NH+]([O-])c2ccccc21. The van der Waals surface area contributed by atoms with Crippen molar-refractivity contribution >= 4 is 23.2 Å². The number of quaternary nitrogens is 2. The summed E-state index contributed by atoms with van der Waals surface area (Å²) in [6.07, 6.45) is 0.267. The van der Waals surface area contributed by atoms with E-state index in [1.165, 1.54) is 19.1 Å². The summed E-state index contributed by atoms with van der Waals surface area (Å²) in [4.78, 5) is 15.2. The number of amides is 1. The predicted octanol–water partition coefficient (Wildman–Crippen LogP) is -0.0569. The number of fused-ring (bicyclic) bond motifs is 1. The molecule has 3 unspecified atom stereocenters. The number of nitrogens with one attached hydrogen (secondary N) is 2. The second-order valence-electron chi connectivity index (χ2n) is 4.93. The van der Waals surface area contributed by atoms with Crippen molar-refractivity contribution in [1.82, 2.24) is 10.1 Å². The van der Waals surface area contributed by atoms with Crippen LogP contribution in [0.5, 0.6) is 0 Å². The van der Waals surface area contributed by atoms with Crippen molar-refractivity contribution in [3.8, 4) is 0 Å². The van der Waals surface area contributed by atoms with Gasteiger partial charge in [0.15, 0.2) is 6.23 Å². The minimum absolute atomic E-state index is 0.0476. The minimum Gasteiger partial charge on any atom is -0.601 e. The van der Waals surface area contributed by atoms with Gasteiger partial charge in [-0.05, 0) is 6.42 Å². The molecule has 0 aromatic heterocycles. The molecular weight excluding hydrogens is 290 g/mol. The van der Waals surface area contributed by atoms with Gasteiger partial charge in [-0.1, -0.05) is 25.5 Å². The first-order chi connectivity index (χ1) is 10.4. The molecule has 9 nitrogen and oxygen atoms in total. The first-order valence-electron chi connectivity index (χ1n) is 6.92. The molecule has 0 saturated carbocycles. The molecule has 0 aliphatic carbocycles. The van der Waals surface area contributed by atoms with Gasteiger partial charge < -0.3 is 21.5 Å². The number of para-hydroxylation sites is 1. The molecule has 1 aromatic carbocycles. The van der Waals surface area contributed by atoms with Gasteiger partial charge in [0, 0.05) is 24.2 Å². The van der Waals surface area contributed by atoms with Crippen LogP contribution in [-0.2, 0) is 9.63 Å². The molecule has 9 heteroatoms. The number of benzene rings is 1. The summed E-state index contributed by atoms with van der Waals surface area (Å²) in [5, 5.41) is 30.4. The molecule has 3 atom stereocenters. The Morgan fingerprint density at radius 2 is 2.23 bits per heavy atom. The lowest BCUT2D eigenvalue weighted by molar-refractivity contribution is -0.785. The molecule has 0 bridgehead atoms. The third-order valence-corrected chi connectivity index (χ3v) is 3.16. The van der Waals surface area contributed by atoms with E-state index in [0.29, 0.717) is 12.8 Å². The zero-order chi connectivity index (χ0) is 16.3. The summed E-state index contributed by atoms with van der Waals surface area (Å²) >= 11 is 0. The molecule has 1 amide bonds. The molecule has 1 aliphatic rings. The molecule has 0 saturated heterocycles. The lowest BCUT2D eigenvalue weighted by Crippen LogP contribution is -2.99. The molecule has 1 aromatic rings. The van der Waals surface area contributed by atoms with Gasteiger partial charge in [-0.25, -0.2) is 0 Å². The van der Waals surface area contributed by atoms with Gasteiger partial charge in [0.1, 0.15) is 0 Å². The van der Waals surface area contributed by atoms with E-state index in [1.54, 1.807) is 12.1 Å². The highest BCUT2D eigenvalue weighted by Crippen LogP contribution is 2.32. The molecule has 0 spiro atoms. The monoisotopic (exact) mass is 309 g/mol. The molecule has 2 rings (SSSR count). The molecule has 120 valence electrons. The lowest BCUT2D eigenvalue weighted by atomic mass is 10.2. The van der Waals surface area contributed by atoms with Crippen LogP contribution in [0.1, 0.15) is 26.7 Å².